The fourth-order valence-electron chi connectivity index (χ4n) is 2.21. The van der Waals surface area contributed by atoms with Gasteiger partial charge in [-0.15, -0.1) is 0 Å². The van der Waals surface area contributed by atoms with Gasteiger partial charge in [-0.3, -0.25) is 4.79 Å². The third-order valence-electron chi connectivity index (χ3n) is 3.37. The van der Waals surface area contributed by atoms with E-state index in [0.717, 1.165) is 10.0 Å². The number of fused-ring (bicyclic) bond motifs is 1. The molecular weight excluding hydrogens is 420 g/mol. The van der Waals surface area contributed by atoms with E-state index < -0.39 is 10.4 Å². The zero-order chi connectivity index (χ0) is 17.5. The summed E-state index contributed by atoms with van der Waals surface area (Å²) in [6.45, 7) is 1.68. The first-order valence-electron chi connectivity index (χ1n) is 6.81. The molecule has 0 aliphatic carbocycles. The molecule has 1 amide bonds. The first-order valence-corrected chi connectivity index (χ1v) is 9.47. The summed E-state index contributed by atoms with van der Waals surface area (Å²) in [4.78, 5) is 11.2. The zero-order valence-corrected chi connectivity index (χ0v) is 15.5. The molecule has 1 unspecified atom stereocenters. The normalized spacial score (nSPS) is 15.8. The number of hydrogen-bond acceptors (Lipinski definition) is 4. The lowest BCUT2D eigenvalue weighted by Crippen LogP contribution is -2.26. The number of carbonyl (C=O) groups is 1. The largest absolute Gasteiger partial charge is 0.588 e. The minimum absolute atomic E-state index is 0.0131. The molecule has 0 radical (unpaired) electrons. The summed E-state index contributed by atoms with van der Waals surface area (Å²) in [6.07, 6.45) is 0. The summed E-state index contributed by atoms with van der Waals surface area (Å²) in [7, 11) is -3.91. The van der Waals surface area contributed by atoms with Crippen LogP contribution in [-0.2, 0) is 19.4 Å². The highest BCUT2D eigenvalue weighted by Gasteiger charge is 2.28. The number of aryl methyl sites for hydroxylation is 1. The van der Waals surface area contributed by atoms with Crippen LogP contribution in [0.1, 0.15) is 5.56 Å². The molecule has 1 aliphatic heterocycles. The van der Waals surface area contributed by atoms with Crippen molar-refractivity contribution in [2.24, 2.45) is 0 Å². The Kier molecular flexibility index (Phi) is 4.56. The van der Waals surface area contributed by atoms with Crippen LogP contribution in [-0.4, -0.2) is 17.1 Å². The Bertz CT molecular complexity index is 890. The Hall–Kier alpha value is -1.61. The molecule has 1 aliphatic rings. The van der Waals surface area contributed by atoms with E-state index in [-0.39, 0.29) is 28.2 Å². The van der Waals surface area contributed by atoms with Crippen molar-refractivity contribution in [3.63, 3.8) is 0 Å². The van der Waals surface area contributed by atoms with Gasteiger partial charge in [-0.2, -0.15) is 0 Å². The van der Waals surface area contributed by atoms with Crippen molar-refractivity contribution in [3.8, 4) is 5.75 Å². The number of halogens is 2. The number of rotatable bonds is 3. The van der Waals surface area contributed by atoms with E-state index in [1.807, 2.05) is 6.92 Å². The quantitative estimate of drug-likeness (QED) is 0.724. The van der Waals surface area contributed by atoms with Crippen LogP contribution in [0.3, 0.4) is 0 Å². The van der Waals surface area contributed by atoms with Gasteiger partial charge in [0.05, 0.1) is 11.4 Å². The SMILES string of the molecule is Cc1cc(N[S+](=O)([O-])c2cc3c(cc2Cl)NC(=O)CO3)ccc1Br. The van der Waals surface area contributed by atoms with Gasteiger partial charge in [0.2, 0.25) is 4.90 Å². The van der Waals surface area contributed by atoms with E-state index in [0.29, 0.717) is 11.4 Å². The van der Waals surface area contributed by atoms with E-state index in [2.05, 4.69) is 26.0 Å². The zero-order valence-electron chi connectivity index (χ0n) is 12.4. The number of anilines is 2. The van der Waals surface area contributed by atoms with Crippen LogP contribution in [0.15, 0.2) is 39.7 Å². The molecular formula is C15H12BrClN2O4S. The Balaban J connectivity index is 1.96. The molecule has 2 aromatic carbocycles. The fourth-order valence-corrected chi connectivity index (χ4v) is 4.05. The van der Waals surface area contributed by atoms with Crippen molar-refractivity contribution in [1.82, 2.24) is 0 Å². The molecule has 6 nitrogen and oxygen atoms in total. The Morgan fingerprint density at radius 3 is 2.83 bits per heavy atom. The van der Waals surface area contributed by atoms with Crippen molar-refractivity contribution >= 4 is 55.2 Å². The first-order chi connectivity index (χ1) is 11.3. The van der Waals surface area contributed by atoms with Crippen LogP contribution < -0.4 is 14.8 Å². The lowest BCUT2D eigenvalue weighted by molar-refractivity contribution is -0.118. The van der Waals surface area contributed by atoms with E-state index in [1.54, 1.807) is 18.2 Å². The van der Waals surface area contributed by atoms with Crippen molar-refractivity contribution < 1.29 is 18.3 Å². The Morgan fingerprint density at radius 1 is 1.38 bits per heavy atom. The van der Waals surface area contributed by atoms with Gasteiger partial charge in [-0.25, -0.2) is 4.72 Å². The molecule has 0 saturated carbocycles. The predicted molar refractivity (Wildman–Crippen MR) is 95.2 cm³/mol. The van der Waals surface area contributed by atoms with E-state index in [1.165, 1.54) is 12.1 Å². The molecule has 9 heteroatoms. The molecule has 0 bridgehead atoms. The summed E-state index contributed by atoms with van der Waals surface area (Å²) in [5.74, 6) is -0.0657. The minimum atomic E-state index is -3.91. The predicted octanol–water partition coefficient (Wildman–Crippen LogP) is 3.76. The lowest BCUT2D eigenvalue weighted by atomic mass is 10.2. The number of sulfonamides is 1. The first kappa shape index (κ1) is 17.2. The monoisotopic (exact) mass is 430 g/mol. The topological polar surface area (TPSA) is 90.5 Å². The average Bonchev–Trinajstić information content (AvgIpc) is 2.49. The standard InChI is InChI=1S/C15H12BrClN2O4S/c1-8-4-9(2-3-10(8)16)19-24(21,22)14-6-13-12(5-11(14)17)18-15(20)7-23-13/h2-6H,7H2,1H3,(H2-,18,19,20,21,22). The van der Waals surface area contributed by atoms with Gasteiger partial charge < -0.3 is 14.6 Å². The molecule has 0 fully saturated rings. The maximum atomic E-state index is 12.6. The van der Waals surface area contributed by atoms with Crippen LogP contribution in [0.4, 0.5) is 11.4 Å². The van der Waals surface area contributed by atoms with Gasteiger partial charge in [0, 0.05) is 10.5 Å². The molecule has 1 atom stereocenters. The molecule has 1 heterocycles. The second kappa shape index (κ2) is 6.36. The van der Waals surface area contributed by atoms with Crippen molar-refractivity contribution in [3.05, 3.63) is 45.4 Å². The summed E-state index contributed by atoms with van der Waals surface area (Å²) >= 11 is 9.44. The van der Waals surface area contributed by atoms with Crippen molar-refractivity contribution in [2.45, 2.75) is 11.8 Å². The molecule has 126 valence electrons. The second-order valence-electron chi connectivity index (χ2n) is 5.19. The highest BCUT2D eigenvalue weighted by molar-refractivity contribution is 9.10. The molecule has 0 spiro atoms. The molecule has 0 aromatic heterocycles. The van der Waals surface area contributed by atoms with Gasteiger partial charge in [-0.1, -0.05) is 31.7 Å². The maximum absolute atomic E-state index is 12.6. The van der Waals surface area contributed by atoms with Gasteiger partial charge in [0.25, 0.3) is 5.91 Å². The molecule has 2 aromatic rings. The van der Waals surface area contributed by atoms with Gasteiger partial charge in [0.1, 0.15) is 10.8 Å². The van der Waals surface area contributed by atoms with Crippen LogP contribution in [0.5, 0.6) is 5.75 Å². The number of carbonyl (C=O) groups excluding carboxylic acids is 1. The van der Waals surface area contributed by atoms with Gasteiger partial charge >= 0.3 is 0 Å². The highest BCUT2D eigenvalue weighted by Crippen LogP contribution is 2.37. The molecule has 3 rings (SSSR count). The van der Waals surface area contributed by atoms with E-state index in [9.17, 15) is 13.6 Å². The van der Waals surface area contributed by atoms with E-state index in [4.69, 9.17) is 16.3 Å². The second-order valence-corrected chi connectivity index (χ2v) is 8.10. The Morgan fingerprint density at radius 2 is 2.12 bits per heavy atom. The molecule has 24 heavy (non-hydrogen) atoms. The van der Waals surface area contributed by atoms with Crippen LogP contribution in [0.25, 0.3) is 0 Å². The third kappa shape index (κ3) is 3.41. The van der Waals surface area contributed by atoms with Gasteiger partial charge in [0.15, 0.2) is 17.0 Å². The minimum Gasteiger partial charge on any atom is -0.588 e. The van der Waals surface area contributed by atoms with Crippen molar-refractivity contribution in [1.29, 1.82) is 0 Å². The molecule has 0 saturated heterocycles. The number of nitrogens with one attached hydrogen (secondary N) is 2. The average molecular weight is 432 g/mol. The van der Waals surface area contributed by atoms with Crippen LogP contribution in [0, 0.1) is 6.92 Å². The highest BCUT2D eigenvalue weighted by atomic mass is 79.9. The van der Waals surface area contributed by atoms with Gasteiger partial charge in [-0.05, 0) is 36.8 Å². The number of benzene rings is 2. The molecule has 2 N–H and O–H groups in total. The summed E-state index contributed by atoms with van der Waals surface area (Å²) in [5, 5.41) is 2.56. The summed E-state index contributed by atoms with van der Waals surface area (Å²) in [6, 6.07) is 7.74. The fraction of sp³-hybridized carbons (Fsp3) is 0.133. The maximum Gasteiger partial charge on any atom is 0.262 e. The van der Waals surface area contributed by atoms with Crippen LogP contribution >= 0.6 is 27.5 Å². The van der Waals surface area contributed by atoms with Crippen LogP contribution in [0.2, 0.25) is 5.02 Å². The Labute approximate surface area is 153 Å². The number of ether oxygens (including phenoxy) is 1. The number of amides is 1. The smallest absolute Gasteiger partial charge is 0.262 e. The summed E-state index contributed by atoms with van der Waals surface area (Å²) < 4.78 is 33.8. The summed E-state index contributed by atoms with van der Waals surface area (Å²) in [5.41, 5.74) is 1.64. The lowest BCUT2D eigenvalue weighted by Gasteiger charge is -2.22. The third-order valence-corrected chi connectivity index (χ3v) is 6.10. The van der Waals surface area contributed by atoms with E-state index >= 15 is 0 Å². The number of hydrogen-bond donors (Lipinski definition) is 2. The van der Waals surface area contributed by atoms with Crippen molar-refractivity contribution in [2.75, 3.05) is 16.6 Å².